The minimum Gasteiger partial charge on any atom is -0.299 e. The van der Waals surface area contributed by atoms with Gasteiger partial charge >= 0.3 is 0 Å². The Morgan fingerprint density at radius 1 is 0.941 bits per heavy atom. The van der Waals surface area contributed by atoms with Gasteiger partial charge in [0.2, 0.25) is 0 Å². The van der Waals surface area contributed by atoms with Crippen LogP contribution >= 0.6 is 0 Å². The molecule has 0 saturated heterocycles. The molecule has 2 aliphatic carbocycles. The van der Waals surface area contributed by atoms with E-state index in [1.165, 1.54) is 38.5 Å². The van der Waals surface area contributed by atoms with Gasteiger partial charge in [0.15, 0.2) is 0 Å². The number of carbonyl (C=O) groups is 1. The summed E-state index contributed by atoms with van der Waals surface area (Å²) in [4.78, 5) is 12.3. The van der Waals surface area contributed by atoms with Crippen LogP contribution < -0.4 is 0 Å². The van der Waals surface area contributed by atoms with Crippen molar-refractivity contribution in [3.63, 3.8) is 0 Å². The van der Waals surface area contributed by atoms with E-state index in [2.05, 4.69) is 13.8 Å². The van der Waals surface area contributed by atoms with Crippen LogP contribution in [0.25, 0.3) is 0 Å². The van der Waals surface area contributed by atoms with Crippen molar-refractivity contribution < 1.29 is 4.79 Å². The molecular weight excluding hydrogens is 208 g/mol. The molecule has 98 valence electrons. The van der Waals surface area contributed by atoms with Crippen LogP contribution in [0.4, 0.5) is 0 Å². The first-order chi connectivity index (χ1) is 8.16. The Bertz CT molecular complexity index is 252. The summed E-state index contributed by atoms with van der Waals surface area (Å²) in [6, 6.07) is 0. The molecule has 2 saturated carbocycles. The molecule has 2 fully saturated rings. The average molecular weight is 236 g/mol. The maximum atomic E-state index is 12.3. The van der Waals surface area contributed by atoms with Gasteiger partial charge in [0.05, 0.1) is 0 Å². The van der Waals surface area contributed by atoms with Crippen LogP contribution in [0.1, 0.15) is 71.6 Å². The molecule has 1 heteroatoms. The molecule has 3 unspecified atom stereocenters. The summed E-state index contributed by atoms with van der Waals surface area (Å²) in [7, 11) is 0. The van der Waals surface area contributed by atoms with Crippen molar-refractivity contribution in [2.45, 2.75) is 71.6 Å². The Morgan fingerprint density at radius 3 is 2.29 bits per heavy atom. The lowest BCUT2D eigenvalue weighted by atomic mass is 9.72. The van der Waals surface area contributed by atoms with Crippen LogP contribution in [0, 0.1) is 23.7 Å². The summed E-state index contributed by atoms with van der Waals surface area (Å²) in [6.45, 7) is 4.66. The monoisotopic (exact) mass is 236 g/mol. The highest BCUT2D eigenvalue weighted by atomic mass is 16.1. The van der Waals surface area contributed by atoms with Gasteiger partial charge < -0.3 is 0 Å². The molecule has 0 radical (unpaired) electrons. The summed E-state index contributed by atoms with van der Waals surface area (Å²) >= 11 is 0. The molecule has 1 nitrogen and oxygen atoms in total. The largest absolute Gasteiger partial charge is 0.299 e. The van der Waals surface area contributed by atoms with Crippen LogP contribution in [0.15, 0.2) is 0 Å². The summed E-state index contributed by atoms with van der Waals surface area (Å²) < 4.78 is 0. The molecule has 0 spiro atoms. The molecule has 3 atom stereocenters. The average Bonchev–Trinajstić information content (AvgIpc) is 2.34. The minimum absolute atomic E-state index is 0.406. The standard InChI is InChI=1S/C16H28O/c1-12-8-9-15(10-13(12)2)16(17)11-14-6-4-3-5-7-14/h12-15H,3-11H2,1-2H3. The number of rotatable bonds is 3. The molecule has 17 heavy (non-hydrogen) atoms. The van der Waals surface area contributed by atoms with Crippen molar-refractivity contribution in [1.29, 1.82) is 0 Å². The van der Waals surface area contributed by atoms with Gasteiger partial charge in [0.25, 0.3) is 0 Å². The van der Waals surface area contributed by atoms with Gasteiger partial charge in [0.1, 0.15) is 5.78 Å². The Morgan fingerprint density at radius 2 is 1.65 bits per heavy atom. The van der Waals surface area contributed by atoms with Crippen LogP contribution in [0.5, 0.6) is 0 Å². The Hall–Kier alpha value is -0.330. The third-order valence-corrected chi connectivity index (χ3v) is 5.27. The third kappa shape index (κ3) is 3.56. The van der Waals surface area contributed by atoms with Gasteiger partial charge in [0, 0.05) is 12.3 Å². The zero-order valence-corrected chi connectivity index (χ0v) is 11.6. The van der Waals surface area contributed by atoms with E-state index in [-0.39, 0.29) is 0 Å². The van der Waals surface area contributed by atoms with Crippen LogP contribution in [0.3, 0.4) is 0 Å². The first-order valence-electron chi connectivity index (χ1n) is 7.69. The quantitative estimate of drug-likeness (QED) is 0.700. The zero-order valence-electron chi connectivity index (χ0n) is 11.6. The first-order valence-corrected chi connectivity index (χ1v) is 7.69. The number of hydrogen-bond donors (Lipinski definition) is 0. The number of hydrogen-bond acceptors (Lipinski definition) is 1. The molecule has 0 heterocycles. The zero-order chi connectivity index (χ0) is 12.3. The molecule has 0 N–H and O–H groups in total. The second-order valence-corrected chi connectivity index (χ2v) is 6.64. The highest BCUT2D eigenvalue weighted by Gasteiger charge is 2.30. The Kier molecular flexibility index (Phi) is 4.64. The van der Waals surface area contributed by atoms with Gasteiger partial charge in [-0.25, -0.2) is 0 Å². The molecule has 0 bridgehead atoms. The maximum Gasteiger partial charge on any atom is 0.136 e. The van der Waals surface area contributed by atoms with E-state index in [9.17, 15) is 4.79 Å². The fourth-order valence-corrected chi connectivity index (χ4v) is 3.68. The minimum atomic E-state index is 0.406. The summed E-state index contributed by atoms with van der Waals surface area (Å²) in [6.07, 6.45) is 11.2. The lowest BCUT2D eigenvalue weighted by Crippen LogP contribution is -2.28. The molecule has 0 aromatic rings. The smallest absolute Gasteiger partial charge is 0.136 e. The van der Waals surface area contributed by atoms with Gasteiger partial charge in [-0.15, -0.1) is 0 Å². The Labute approximate surface area is 106 Å². The first kappa shape index (κ1) is 13.1. The number of Topliss-reactive ketones (excluding diaryl/α,β-unsaturated/α-hetero) is 1. The maximum absolute atomic E-state index is 12.3. The predicted molar refractivity (Wildman–Crippen MR) is 71.9 cm³/mol. The second kappa shape index (κ2) is 6.02. The lowest BCUT2D eigenvalue weighted by molar-refractivity contribution is -0.125. The van der Waals surface area contributed by atoms with Crippen molar-refractivity contribution in [2.75, 3.05) is 0 Å². The van der Waals surface area contributed by atoms with Crippen molar-refractivity contribution in [1.82, 2.24) is 0 Å². The fourth-order valence-electron chi connectivity index (χ4n) is 3.68. The van der Waals surface area contributed by atoms with Crippen LogP contribution in [0.2, 0.25) is 0 Å². The van der Waals surface area contributed by atoms with Gasteiger partial charge in [-0.2, -0.15) is 0 Å². The highest BCUT2D eigenvalue weighted by Crippen LogP contribution is 2.36. The SMILES string of the molecule is CC1CCC(C(=O)CC2CCCCC2)CC1C. The van der Waals surface area contributed by atoms with Crippen molar-refractivity contribution in [3.8, 4) is 0 Å². The van der Waals surface area contributed by atoms with E-state index in [4.69, 9.17) is 0 Å². The van der Waals surface area contributed by atoms with E-state index in [1.807, 2.05) is 0 Å². The van der Waals surface area contributed by atoms with Gasteiger partial charge in [-0.1, -0.05) is 46.0 Å². The van der Waals surface area contributed by atoms with E-state index in [1.54, 1.807) is 0 Å². The molecule has 0 aromatic carbocycles. The van der Waals surface area contributed by atoms with Crippen molar-refractivity contribution in [2.24, 2.45) is 23.7 Å². The fraction of sp³-hybridized carbons (Fsp3) is 0.938. The van der Waals surface area contributed by atoms with Crippen molar-refractivity contribution in [3.05, 3.63) is 0 Å². The van der Waals surface area contributed by atoms with E-state index in [0.717, 1.165) is 37.0 Å². The second-order valence-electron chi connectivity index (χ2n) is 6.64. The molecule has 0 amide bonds. The third-order valence-electron chi connectivity index (χ3n) is 5.27. The van der Waals surface area contributed by atoms with Crippen LogP contribution in [-0.4, -0.2) is 5.78 Å². The van der Waals surface area contributed by atoms with E-state index >= 15 is 0 Å². The Balaban J connectivity index is 1.79. The number of ketones is 1. The predicted octanol–water partition coefficient (Wildman–Crippen LogP) is 4.60. The molecular formula is C16H28O. The molecule has 0 aliphatic heterocycles. The normalized spacial score (nSPS) is 35.8. The highest BCUT2D eigenvalue weighted by molar-refractivity contribution is 5.81. The van der Waals surface area contributed by atoms with Gasteiger partial charge in [-0.3, -0.25) is 4.79 Å². The summed E-state index contributed by atoms with van der Waals surface area (Å²) in [5, 5.41) is 0. The molecule has 2 aliphatic rings. The molecule has 2 rings (SSSR count). The lowest BCUT2D eigenvalue weighted by Gasteiger charge is -2.32. The molecule has 0 aromatic heterocycles. The summed E-state index contributed by atoms with van der Waals surface area (Å²) in [5.41, 5.74) is 0. The van der Waals surface area contributed by atoms with E-state index < -0.39 is 0 Å². The van der Waals surface area contributed by atoms with Gasteiger partial charge in [-0.05, 0) is 37.0 Å². The number of carbonyl (C=O) groups excluding carboxylic acids is 1. The van der Waals surface area contributed by atoms with E-state index in [0.29, 0.717) is 11.7 Å². The topological polar surface area (TPSA) is 17.1 Å². The van der Waals surface area contributed by atoms with Crippen LogP contribution in [-0.2, 0) is 4.79 Å². The van der Waals surface area contributed by atoms with Crippen molar-refractivity contribution >= 4 is 5.78 Å². The summed E-state index contributed by atoms with van der Waals surface area (Å²) in [5.74, 6) is 3.31.